The number of carbonyl (C=O) groups excluding carboxylic acids is 4. The monoisotopic (exact) mass is 980 g/mol. The first-order valence-corrected chi connectivity index (χ1v) is 24.9. The molecule has 3 fully saturated rings. The number of hydrogen-bond acceptors (Lipinski definition) is 12. The third-order valence-corrected chi connectivity index (χ3v) is 15.3. The molecule has 1 aliphatic carbocycles. The van der Waals surface area contributed by atoms with Gasteiger partial charge in [-0.15, -0.1) is 11.3 Å². The maximum Gasteiger partial charge on any atom is 0.253 e. The lowest BCUT2D eigenvalue weighted by molar-refractivity contribution is -0.164. The van der Waals surface area contributed by atoms with Crippen LogP contribution in [0.3, 0.4) is 0 Å². The highest BCUT2D eigenvalue weighted by molar-refractivity contribution is 7.13. The maximum absolute atomic E-state index is 14.2. The van der Waals surface area contributed by atoms with Crippen molar-refractivity contribution in [3.05, 3.63) is 93.7 Å². The summed E-state index contributed by atoms with van der Waals surface area (Å²) in [6.07, 6.45) is 2.22. The quantitative estimate of drug-likeness (QED) is 0.0936. The largest absolute Gasteiger partial charge is 0.489 e. The fourth-order valence-electron chi connectivity index (χ4n) is 10.4. The zero-order chi connectivity index (χ0) is 50.0. The average molecular weight is 982 g/mol. The molecule has 15 nitrogen and oxygen atoms in total. The number of nitriles is 1. The van der Waals surface area contributed by atoms with Crippen LogP contribution < -0.4 is 25.6 Å². The van der Waals surface area contributed by atoms with E-state index in [4.69, 9.17) is 21.1 Å². The van der Waals surface area contributed by atoms with Crippen molar-refractivity contribution in [2.45, 2.75) is 118 Å². The number of piperidine rings is 1. The van der Waals surface area contributed by atoms with Gasteiger partial charge >= 0.3 is 0 Å². The van der Waals surface area contributed by atoms with Crippen LogP contribution in [0.1, 0.15) is 108 Å². The summed E-state index contributed by atoms with van der Waals surface area (Å²) in [6, 6.07) is 16.3. The van der Waals surface area contributed by atoms with E-state index in [1.165, 1.54) is 4.90 Å². The van der Waals surface area contributed by atoms with E-state index >= 15 is 0 Å². The van der Waals surface area contributed by atoms with E-state index in [1.807, 2.05) is 70.5 Å². The summed E-state index contributed by atoms with van der Waals surface area (Å²) in [5.74, 6) is 0.0974. The van der Waals surface area contributed by atoms with Crippen LogP contribution in [0.25, 0.3) is 10.4 Å². The second-order valence-electron chi connectivity index (χ2n) is 21.0. The number of likely N-dealkylation sites (tertiary alicyclic amines) is 1. The summed E-state index contributed by atoms with van der Waals surface area (Å²) in [4.78, 5) is 68.3. The summed E-state index contributed by atoms with van der Waals surface area (Å²) in [5.41, 5.74) is 4.05. The van der Waals surface area contributed by atoms with Crippen LogP contribution in [0.4, 0.5) is 5.82 Å². The summed E-state index contributed by atoms with van der Waals surface area (Å²) >= 11 is 7.83. The Kier molecular flexibility index (Phi) is 15.4. The molecule has 3 aliphatic rings. The Morgan fingerprint density at radius 3 is 2.29 bits per heavy atom. The fraction of sp³-hybridized carbons (Fsp3) is 0.519. The highest BCUT2D eigenvalue weighted by Crippen LogP contribution is 2.55. The molecule has 2 aromatic carbocycles. The van der Waals surface area contributed by atoms with Crippen LogP contribution in [-0.4, -0.2) is 107 Å². The van der Waals surface area contributed by atoms with E-state index in [2.05, 4.69) is 64.6 Å². The van der Waals surface area contributed by atoms with Crippen LogP contribution in [0, 0.1) is 40.4 Å². The summed E-state index contributed by atoms with van der Waals surface area (Å²) in [5, 5.41) is 29.4. The lowest BCUT2D eigenvalue weighted by Crippen LogP contribution is -2.74. The summed E-state index contributed by atoms with van der Waals surface area (Å²) in [6.45, 7) is 19.2. The average Bonchev–Trinajstić information content (AvgIpc) is 3.93. The van der Waals surface area contributed by atoms with Crippen LogP contribution in [-0.2, 0) is 19.1 Å². The first-order chi connectivity index (χ1) is 32.6. The SMILES string of the molecule is Cc1ncsc1-c1ccc([C@H](C)NC(=O)[C@@H]2C[C@@H](O)CN2C(=O)C(NC(=O)COCC2CCN(c3ccc(C(=O)N[C@H]4C(C)(C)[C@H](Oc5ccc(C#N)c(Cl)c5)C4(C)C)cn3)CC2)C(C)(C)C)cc1. The van der Waals surface area contributed by atoms with E-state index in [9.17, 15) is 29.5 Å². The maximum atomic E-state index is 14.2. The topological polar surface area (TPSA) is 199 Å². The highest BCUT2D eigenvalue weighted by atomic mass is 35.5. The summed E-state index contributed by atoms with van der Waals surface area (Å²) in [7, 11) is 0. The molecular weight excluding hydrogens is 916 g/mol. The molecule has 4 heterocycles. The number of pyridine rings is 1. The van der Waals surface area contributed by atoms with Gasteiger partial charge in [0, 0.05) is 55.2 Å². The van der Waals surface area contributed by atoms with E-state index in [1.54, 1.807) is 41.8 Å². The second kappa shape index (κ2) is 20.8. The lowest BCUT2D eigenvalue weighted by Gasteiger charge is -2.63. The Bertz CT molecular complexity index is 2530. The number of hydrogen-bond donors (Lipinski definition) is 4. The molecule has 4 amide bonds. The number of β-amino-alcohol motifs (C(OH)–C–C–N with tert-alkyl or cyclic N) is 1. The molecule has 0 bridgehead atoms. The standard InChI is InChI=1S/C52H65ClN8O7S/c1-30(33-10-12-34(13-11-33)43-31(2)56-29-69-43)57-46(65)40-22-37(62)26-61(40)47(66)44(50(3,4)5)58-42(63)28-67-27-32-18-20-60(21-19-32)41-17-15-36(25-55-41)45(64)59-48-51(6,7)49(52(48,8)9)68-38-16-14-35(24-54)39(53)23-38/h10-17,23,25,29-30,32,37,40,44,48-49,62H,18-22,26-28H2,1-9H3,(H,57,65)(H,58,63)(H,59,64)/t30-,37+,40-,44?,48-,49-/m0/s1. The van der Waals surface area contributed by atoms with Gasteiger partial charge in [0.15, 0.2) is 0 Å². The molecule has 0 spiro atoms. The van der Waals surface area contributed by atoms with Gasteiger partial charge < -0.3 is 40.3 Å². The number of ether oxygens (including phenoxy) is 2. The normalized spacial score (nSPS) is 21.9. The van der Waals surface area contributed by atoms with E-state index < -0.39 is 46.2 Å². The molecule has 17 heteroatoms. The smallest absolute Gasteiger partial charge is 0.253 e. The first-order valence-electron chi connectivity index (χ1n) is 23.6. The van der Waals surface area contributed by atoms with Gasteiger partial charge in [-0.2, -0.15) is 5.26 Å². The van der Waals surface area contributed by atoms with Crippen molar-refractivity contribution in [2.24, 2.45) is 22.2 Å². The molecule has 1 unspecified atom stereocenters. The molecule has 2 aliphatic heterocycles. The Hall–Kier alpha value is -5.60. The number of thiazole rings is 1. The number of aryl methyl sites for hydroxylation is 1. The number of carbonyl (C=O) groups is 4. The van der Waals surface area contributed by atoms with Crippen LogP contribution >= 0.6 is 22.9 Å². The number of nitrogens with one attached hydrogen (secondary N) is 3. The molecule has 368 valence electrons. The number of rotatable bonds is 15. The Morgan fingerprint density at radius 2 is 1.70 bits per heavy atom. The van der Waals surface area contributed by atoms with E-state index in [-0.39, 0.29) is 55.5 Å². The van der Waals surface area contributed by atoms with Gasteiger partial charge in [-0.3, -0.25) is 19.2 Å². The molecule has 7 rings (SSSR count). The number of aliphatic hydroxyl groups excluding tert-OH is 1. The van der Waals surface area contributed by atoms with Crippen molar-refractivity contribution in [1.82, 2.24) is 30.8 Å². The number of halogens is 1. The fourth-order valence-corrected chi connectivity index (χ4v) is 11.4. The Balaban J connectivity index is 0.850. The van der Waals surface area contributed by atoms with Crippen LogP contribution in [0.5, 0.6) is 5.75 Å². The molecule has 2 aromatic heterocycles. The Morgan fingerprint density at radius 1 is 1.00 bits per heavy atom. The van der Waals surface area contributed by atoms with Crippen molar-refractivity contribution in [2.75, 3.05) is 37.7 Å². The number of benzene rings is 2. The van der Waals surface area contributed by atoms with Gasteiger partial charge in [-0.1, -0.05) is 84.3 Å². The minimum Gasteiger partial charge on any atom is -0.489 e. The molecule has 1 saturated carbocycles. The van der Waals surface area contributed by atoms with Gasteiger partial charge in [-0.05, 0) is 73.4 Å². The van der Waals surface area contributed by atoms with Crippen LogP contribution in [0.15, 0.2) is 66.3 Å². The zero-order valence-electron chi connectivity index (χ0n) is 41.0. The van der Waals surface area contributed by atoms with Gasteiger partial charge in [0.2, 0.25) is 17.7 Å². The van der Waals surface area contributed by atoms with Gasteiger partial charge in [0.05, 0.1) is 51.0 Å². The Labute approximate surface area is 414 Å². The third kappa shape index (κ3) is 11.4. The first kappa shape index (κ1) is 51.3. The molecule has 69 heavy (non-hydrogen) atoms. The minimum atomic E-state index is -0.965. The highest BCUT2D eigenvalue weighted by Gasteiger charge is 2.64. The van der Waals surface area contributed by atoms with Gasteiger partial charge in [0.25, 0.3) is 5.91 Å². The van der Waals surface area contributed by atoms with E-state index in [0.29, 0.717) is 28.5 Å². The molecular formula is C52H65ClN8O7S. The summed E-state index contributed by atoms with van der Waals surface area (Å²) < 4.78 is 12.3. The number of aliphatic hydroxyl groups is 1. The molecule has 4 aromatic rings. The predicted molar refractivity (Wildman–Crippen MR) is 266 cm³/mol. The number of aromatic nitrogens is 2. The molecule has 4 N–H and O–H groups in total. The van der Waals surface area contributed by atoms with Gasteiger partial charge in [0.1, 0.15) is 42.4 Å². The second-order valence-corrected chi connectivity index (χ2v) is 22.3. The molecule has 0 radical (unpaired) electrons. The predicted octanol–water partition coefficient (Wildman–Crippen LogP) is 7.25. The van der Waals surface area contributed by atoms with Crippen molar-refractivity contribution in [3.8, 4) is 22.3 Å². The molecule has 2 saturated heterocycles. The van der Waals surface area contributed by atoms with Crippen LogP contribution in [0.2, 0.25) is 5.02 Å². The van der Waals surface area contributed by atoms with Crippen molar-refractivity contribution in [1.29, 1.82) is 5.26 Å². The van der Waals surface area contributed by atoms with Crippen molar-refractivity contribution < 1.29 is 33.8 Å². The van der Waals surface area contributed by atoms with Gasteiger partial charge in [-0.25, -0.2) is 9.97 Å². The van der Waals surface area contributed by atoms with Crippen molar-refractivity contribution >= 4 is 52.4 Å². The third-order valence-electron chi connectivity index (χ3n) is 14.0. The minimum absolute atomic E-state index is 0.0185. The number of anilines is 1. The van der Waals surface area contributed by atoms with Crippen molar-refractivity contribution in [3.63, 3.8) is 0 Å². The van der Waals surface area contributed by atoms with E-state index in [0.717, 1.165) is 53.4 Å². The number of nitrogens with zero attached hydrogens (tertiary/aromatic N) is 5. The zero-order valence-corrected chi connectivity index (χ0v) is 42.5. The molecule has 4 atom stereocenters. The lowest BCUT2D eigenvalue weighted by atomic mass is 9.49. The number of amides is 4.